The Labute approximate surface area is 127 Å². The molecule has 0 spiro atoms. The number of hydrogen-bond acceptors (Lipinski definition) is 4. The second-order valence-electron chi connectivity index (χ2n) is 5.40. The lowest BCUT2D eigenvalue weighted by Crippen LogP contribution is -2.41. The number of anilines is 1. The SMILES string of the molecule is CC1(c2ccccn2)NC(=O)N(Cc2ccc(N)cc2)C1=O. The van der Waals surface area contributed by atoms with Gasteiger partial charge in [0.2, 0.25) is 0 Å². The predicted molar refractivity (Wildman–Crippen MR) is 81.5 cm³/mol. The van der Waals surface area contributed by atoms with Gasteiger partial charge in [0.25, 0.3) is 5.91 Å². The summed E-state index contributed by atoms with van der Waals surface area (Å²) in [6, 6.07) is 11.9. The number of urea groups is 1. The van der Waals surface area contributed by atoms with Gasteiger partial charge in [0.05, 0.1) is 12.2 Å². The van der Waals surface area contributed by atoms with Gasteiger partial charge in [-0.25, -0.2) is 4.79 Å². The van der Waals surface area contributed by atoms with Gasteiger partial charge >= 0.3 is 6.03 Å². The van der Waals surface area contributed by atoms with Crippen molar-refractivity contribution in [1.82, 2.24) is 15.2 Å². The van der Waals surface area contributed by atoms with Crippen LogP contribution in [-0.4, -0.2) is 21.8 Å². The molecule has 3 amide bonds. The summed E-state index contributed by atoms with van der Waals surface area (Å²) in [7, 11) is 0. The zero-order chi connectivity index (χ0) is 15.7. The molecule has 1 aliphatic rings. The number of rotatable bonds is 3. The van der Waals surface area contributed by atoms with Gasteiger partial charge in [-0.05, 0) is 36.8 Å². The molecule has 3 rings (SSSR count). The normalized spacial score (nSPS) is 21.0. The van der Waals surface area contributed by atoms with Crippen molar-refractivity contribution in [1.29, 1.82) is 0 Å². The van der Waals surface area contributed by atoms with Crippen LogP contribution < -0.4 is 11.1 Å². The van der Waals surface area contributed by atoms with Crippen LogP contribution in [0.3, 0.4) is 0 Å². The van der Waals surface area contributed by atoms with Crippen molar-refractivity contribution in [2.75, 3.05) is 5.73 Å². The number of nitrogens with zero attached hydrogens (tertiary/aromatic N) is 2. The number of imide groups is 1. The van der Waals surface area contributed by atoms with E-state index in [2.05, 4.69) is 10.3 Å². The molecule has 1 saturated heterocycles. The highest BCUT2D eigenvalue weighted by Crippen LogP contribution is 2.28. The fourth-order valence-corrected chi connectivity index (χ4v) is 2.48. The molecule has 6 heteroatoms. The molecule has 112 valence electrons. The van der Waals surface area contributed by atoms with E-state index in [1.165, 1.54) is 4.90 Å². The minimum absolute atomic E-state index is 0.202. The van der Waals surface area contributed by atoms with Crippen LogP contribution >= 0.6 is 0 Å². The summed E-state index contributed by atoms with van der Waals surface area (Å²) in [6.07, 6.45) is 1.60. The van der Waals surface area contributed by atoms with Crippen LogP contribution in [0.25, 0.3) is 0 Å². The number of nitrogen functional groups attached to an aromatic ring is 1. The Morgan fingerprint density at radius 3 is 2.55 bits per heavy atom. The first-order valence-electron chi connectivity index (χ1n) is 6.91. The number of hydrogen-bond donors (Lipinski definition) is 2. The van der Waals surface area contributed by atoms with Gasteiger partial charge in [-0.1, -0.05) is 18.2 Å². The maximum atomic E-state index is 12.7. The molecule has 3 N–H and O–H groups in total. The molecule has 0 aliphatic carbocycles. The topological polar surface area (TPSA) is 88.3 Å². The highest BCUT2D eigenvalue weighted by Gasteiger charge is 2.49. The highest BCUT2D eigenvalue weighted by atomic mass is 16.2. The maximum absolute atomic E-state index is 12.7. The van der Waals surface area contributed by atoms with Gasteiger partial charge in [-0.3, -0.25) is 14.7 Å². The zero-order valence-corrected chi connectivity index (χ0v) is 12.1. The van der Waals surface area contributed by atoms with Crippen molar-refractivity contribution < 1.29 is 9.59 Å². The van der Waals surface area contributed by atoms with E-state index < -0.39 is 11.6 Å². The second kappa shape index (κ2) is 5.14. The molecule has 0 bridgehead atoms. The predicted octanol–water partition coefficient (Wildman–Crippen LogP) is 1.63. The molecular formula is C16H16N4O2. The number of carbonyl (C=O) groups excluding carboxylic acids is 2. The van der Waals surface area contributed by atoms with Gasteiger partial charge in [0.15, 0.2) is 5.54 Å². The van der Waals surface area contributed by atoms with Crippen molar-refractivity contribution >= 4 is 17.6 Å². The van der Waals surface area contributed by atoms with Crippen LogP contribution in [0.2, 0.25) is 0 Å². The van der Waals surface area contributed by atoms with E-state index in [1.54, 1.807) is 55.6 Å². The molecule has 1 aromatic carbocycles. The van der Waals surface area contributed by atoms with Gasteiger partial charge in [0.1, 0.15) is 0 Å². The number of aromatic nitrogens is 1. The van der Waals surface area contributed by atoms with Crippen molar-refractivity contribution in [3.05, 3.63) is 59.9 Å². The van der Waals surface area contributed by atoms with E-state index in [0.717, 1.165) is 5.56 Å². The molecule has 1 atom stereocenters. The Hall–Kier alpha value is -2.89. The van der Waals surface area contributed by atoms with E-state index in [9.17, 15) is 9.59 Å². The maximum Gasteiger partial charge on any atom is 0.325 e. The van der Waals surface area contributed by atoms with E-state index in [1.807, 2.05) is 0 Å². The molecule has 1 fully saturated rings. The summed E-state index contributed by atoms with van der Waals surface area (Å²) in [6.45, 7) is 1.87. The summed E-state index contributed by atoms with van der Waals surface area (Å²) < 4.78 is 0. The lowest BCUT2D eigenvalue weighted by Gasteiger charge is -2.20. The Kier molecular flexibility index (Phi) is 3.29. The zero-order valence-electron chi connectivity index (χ0n) is 12.1. The molecule has 0 saturated carbocycles. The molecular weight excluding hydrogens is 280 g/mol. The van der Waals surface area contributed by atoms with Crippen molar-refractivity contribution in [2.24, 2.45) is 0 Å². The molecule has 0 radical (unpaired) electrons. The van der Waals surface area contributed by atoms with Crippen LogP contribution in [0, 0.1) is 0 Å². The first-order valence-corrected chi connectivity index (χ1v) is 6.91. The van der Waals surface area contributed by atoms with Gasteiger partial charge < -0.3 is 11.1 Å². The van der Waals surface area contributed by atoms with Gasteiger partial charge in [-0.2, -0.15) is 0 Å². The quantitative estimate of drug-likeness (QED) is 0.665. The van der Waals surface area contributed by atoms with Crippen LogP contribution in [0.4, 0.5) is 10.5 Å². The highest BCUT2D eigenvalue weighted by molar-refractivity contribution is 6.06. The second-order valence-corrected chi connectivity index (χ2v) is 5.40. The van der Waals surface area contributed by atoms with Crippen molar-refractivity contribution in [2.45, 2.75) is 19.0 Å². The average Bonchev–Trinajstić information content (AvgIpc) is 2.75. The number of benzene rings is 1. The average molecular weight is 296 g/mol. The minimum atomic E-state index is -1.13. The fourth-order valence-electron chi connectivity index (χ4n) is 2.48. The van der Waals surface area contributed by atoms with Crippen LogP contribution in [0.5, 0.6) is 0 Å². The first kappa shape index (κ1) is 14.1. The van der Waals surface area contributed by atoms with Crippen LogP contribution in [0.15, 0.2) is 48.7 Å². The van der Waals surface area contributed by atoms with Crippen LogP contribution in [0.1, 0.15) is 18.2 Å². The number of nitrogens with one attached hydrogen (secondary N) is 1. The molecule has 1 unspecified atom stereocenters. The van der Waals surface area contributed by atoms with E-state index in [0.29, 0.717) is 11.4 Å². The Balaban J connectivity index is 1.87. The summed E-state index contributed by atoms with van der Waals surface area (Å²) in [5, 5.41) is 2.73. The monoisotopic (exact) mass is 296 g/mol. The molecule has 22 heavy (non-hydrogen) atoms. The van der Waals surface area contributed by atoms with Gasteiger partial charge in [0, 0.05) is 11.9 Å². The number of pyridine rings is 1. The summed E-state index contributed by atoms with van der Waals surface area (Å²) in [4.78, 5) is 30.3. The van der Waals surface area contributed by atoms with E-state index >= 15 is 0 Å². The minimum Gasteiger partial charge on any atom is -0.399 e. The molecule has 1 aliphatic heterocycles. The van der Waals surface area contributed by atoms with E-state index in [-0.39, 0.29) is 12.5 Å². The van der Waals surface area contributed by atoms with E-state index in [4.69, 9.17) is 5.73 Å². The van der Waals surface area contributed by atoms with Crippen molar-refractivity contribution in [3.63, 3.8) is 0 Å². The van der Waals surface area contributed by atoms with Crippen LogP contribution in [-0.2, 0) is 16.9 Å². The summed E-state index contributed by atoms with van der Waals surface area (Å²) in [5.41, 5.74) is 6.50. The molecule has 2 heterocycles. The number of carbonyl (C=O) groups is 2. The first-order chi connectivity index (χ1) is 10.5. The number of amides is 3. The largest absolute Gasteiger partial charge is 0.399 e. The fraction of sp³-hybridized carbons (Fsp3) is 0.188. The number of nitrogens with two attached hydrogens (primary N) is 1. The van der Waals surface area contributed by atoms with Gasteiger partial charge in [-0.15, -0.1) is 0 Å². The Morgan fingerprint density at radius 2 is 1.91 bits per heavy atom. The lowest BCUT2D eigenvalue weighted by atomic mass is 9.97. The van der Waals surface area contributed by atoms with Crippen molar-refractivity contribution in [3.8, 4) is 0 Å². The Morgan fingerprint density at radius 1 is 1.18 bits per heavy atom. The smallest absolute Gasteiger partial charge is 0.325 e. The Bertz CT molecular complexity index is 715. The molecule has 6 nitrogen and oxygen atoms in total. The lowest BCUT2D eigenvalue weighted by molar-refractivity contribution is -0.131. The standard InChI is InChI=1S/C16H16N4O2/c1-16(13-4-2-3-9-18-13)14(21)20(15(22)19-16)10-11-5-7-12(17)8-6-11/h2-9H,10,17H2,1H3,(H,19,22). The summed E-state index contributed by atoms with van der Waals surface area (Å²) in [5.74, 6) is -0.312. The third-order valence-corrected chi connectivity index (χ3v) is 3.77. The summed E-state index contributed by atoms with van der Waals surface area (Å²) >= 11 is 0. The molecule has 2 aromatic rings. The molecule has 1 aromatic heterocycles. The third kappa shape index (κ3) is 2.28. The third-order valence-electron chi connectivity index (χ3n) is 3.77.